The summed E-state index contributed by atoms with van der Waals surface area (Å²) in [5.41, 5.74) is 0.425. The number of thioether (sulfide) groups is 1. The number of hydrogen-bond donors (Lipinski definition) is 1. The van der Waals surface area contributed by atoms with Crippen LogP contribution in [0, 0.1) is 11.3 Å². The molecule has 0 bridgehead atoms. The highest BCUT2D eigenvalue weighted by molar-refractivity contribution is 8.00. The zero-order valence-corrected chi connectivity index (χ0v) is 12.2. The summed E-state index contributed by atoms with van der Waals surface area (Å²) in [5, 5.41) is 13.7. The Labute approximate surface area is 119 Å². The van der Waals surface area contributed by atoms with Gasteiger partial charge in [0.25, 0.3) is 0 Å². The number of ether oxygens (including phenoxy) is 1. The van der Waals surface area contributed by atoms with E-state index in [0.717, 1.165) is 24.5 Å². The van der Waals surface area contributed by atoms with Gasteiger partial charge in [-0.05, 0) is 19.4 Å². The van der Waals surface area contributed by atoms with Crippen LogP contribution >= 0.6 is 11.8 Å². The molecule has 1 aliphatic heterocycles. The van der Waals surface area contributed by atoms with Crippen LogP contribution in [0.3, 0.4) is 0 Å². The van der Waals surface area contributed by atoms with E-state index >= 15 is 0 Å². The van der Waals surface area contributed by atoms with Crippen molar-refractivity contribution in [2.45, 2.75) is 30.7 Å². The van der Waals surface area contributed by atoms with Gasteiger partial charge in [-0.2, -0.15) is 17.0 Å². The predicted molar refractivity (Wildman–Crippen MR) is 79.1 cm³/mol. The molecule has 1 fully saturated rings. The standard InChI is InChI=1S/C15H20N2OS/c1-12(2)17-15(10-16,11-19-14-8-18-9-14)13-6-4-3-5-7-13/h3-7,12,14,17H,8-9,11H2,1-2H3. The minimum Gasteiger partial charge on any atom is -0.379 e. The lowest BCUT2D eigenvalue weighted by atomic mass is 9.92. The van der Waals surface area contributed by atoms with Gasteiger partial charge >= 0.3 is 0 Å². The number of hydrogen-bond acceptors (Lipinski definition) is 4. The highest BCUT2D eigenvalue weighted by Crippen LogP contribution is 2.30. The monoisotopic (exact) mass is 276 g/mol. The summed E-state index contributed by atoms with van der Waals surface area (Å²) in [6, 6.07) is 12.8. The molecule has 102 valence electrons. The lowest BCUT2D eigenvalue weighted by Crippen LogP contribution is -2.48. The van der Waals surface area contributed by atoms with Gasteiger partial charge in [-0.3, -0.25) is 5.32 Å². The first-order valence-electron chi connectivity index (χ1n) is 6.60. The minimum absolute atomic E-state index is 0.262. The van der Waals surface area contributed by atoms with Crippen molar-refractivity contribution in [3.63, 3.8) is 0 Å². The molecular formula is C15H20N2OS. The van der Waals surface area contributed by atoms with Gasteiger partial charge in [0.15, 0.2) is 0 Å². The molecular weight excluding hydrogens is 256 g/mol. The van der Waals surface area contributed by atoms with Crippen molar-refractivity contribution in [1.29, 1.82) is 5.26 Å². The van der Waals surface area contributed by atoms with Crippen LogP contribution in [-0.2, 0) is 10.3 Å². The lowest BCUT2D eigenvalue weighted by molar-refractivity contribution is 0.0454. The van der Waals surface area contributed by atoms with Crippen molar-refractivity contribution < 1.29 is 4.74 Å². The maximum absolute atomic E-state index is 9.73. The fourth-order valence-corrected chi connectivity index (χ4v) is 3.29. The average molecular weight is 276 g/mol. The summed E-state index contributed by atoms with van der Waals surface area (Å²) < 4.78 is 5.20. The van der Waals surface area contributed by atoms with Crippen LogP contribution in [-0.4, -0.2) is 30.3 Å². The summed E-state index contributed by atoms with van der Waals surface area (Å²) in [6.07, 6.45) is 0. The maximum atomic E-state index is 9.73. The van der Waals surface area contributed by atoms with E-state index in [2.05, 4.69) is 25.2 Å². The topological polar surface area (TPSA) is 45.0 Å². The third-order valence-electron chi connectivity index (χ3n) is 3.14. The minimum atomic E-state index is -0.615. The van der Waals surface area contributed by atoms with Crippen molar-refractivity contribution in [2.24, 2.45) is 0 Å². The molecule has 0 radical (unpaired) electrons. The second-order valence-corrected chi connectivity index (χ2v) is 6.44. The Balaban J connectivity index is 2.17. The van der Waals surface area contributed by atoms with E-state index < -0.39 is 5.54 Å². The Morgan fingerprint density at radius 3 is 2.58 bits per heavy atom. The van der Waals surface area contributed by atoms with Gasteiger partial charge in [-0.25, -0.2) is 0 Å². The Morgan fingerprint density at radius 1 is 1.42 bits per heavy atom. The second-order valence-electron chi connectivity index (χ2n) is 5.15. The molecule has 1 unspecified atom stereocenters. The number of rotatable bonds is 6. The summed E-state index contributed by atoms with van der Waals surface area (Å²) in [5.74, 6) is 0.750. The summed E-state index contributed by atoms with van der Waals surface area (Å²) >= 11 is 1.82. The molecule has 1 saturated heterocycles. The summed E-state index contributed by atoms with van der Waals surface area (Å²) in [7, 11) is 0. The highest BCUT2D eigenvalue weighted by Gasteiger charge is 2.34. The normalized spacial score (nSPS) is 18.6. The molecule has 1 aliphatic rings. The molecule has 19 heavy (non-hydrogen) atoms. The largest absolute Gasteiger partial charge is 0.379 e. The van der Waals surface area contributed by atoms with Crippen molar-refractivity contribution in [3.8, 4) is 6.07 Å². The molecule has 1 atom stereocenters. The molecule has 0 spiro atoms. The molecule has 0 aliphatic carbocycles. The first-order chi connectivity index (χ1) is 9.16. The smallest absolute Gasteiger partial charge is 0.141 e. The predicted octanol–water partition coefficient (Wildman–Crippen LogP) is 2.54. The number of nitriles is 1. The van der Waals surface area contributed by atoms with Gasteiger partial charge in [-0.15, -0.1) is 0 Å². The molecule has 1 aromatic carbocycles. The van der Waals surface area contributed by atoms with Crippen LogP contribution < -0.4 is 5.32 Å². The number of nitrogens with zero attached hydrogens (tertiary/aromatic N) is 1. The number of nitrogens with one attached hydrogen (secondary N) is 1. The molecule has 4 heteroatoms. The first-order valence-corrected chi connectivity index (χ1v) is 7.65. The van der Waals surface area contributed by atoms with Crippen LogP contribution in [0.1, 0.15) is 19.4 Å². The zero-order valence-electron chi connectivity index (χ0n) is 11.4. The van der Waals surface area contributed by atoms with Crippen molar-refractivity contribution >= 4 is 11.8 Å². The Kier molecular flexibility index (Phi) is 4.87. The van der Waals surface area contributed by atoms with E-state index in [1.807, 2.05) is 42.1 Å². The van der Waals surface area contributed by atoms with Gasteiger partial charge in [-0.1, -0.05) is 30.3 Å². The third kappa shape index (κ3) is 3.50. The van der Waals surface area contributed by atoms with Gasteiger partial charge in [0.1, 0.15) is 5.54 Å². The van der Waals surface area contributed by atoms with E-state index in [1.54, 1.807) is 0 Å². The van der Waals surface area contributed by atoms with Gasteiger partial charge in [0.2, 0.25) is 0 Å². The van der Waals surface area contributed by atoms with Crippen molar-refractivity contribution in [1.82, 2.24) is 5.32 Å². The van der Waals surface area contributed by atoms with Crippen LogP contribution in [0.4, 0.5) is 0 Å². The second kappa shape index (κ2) is 6.42. The Hall–Kier alpha value is -1.02. The molecule has 1 N–H and O–H groups in total. The van der Waals surface area contributed by atoms with E-state index in [9.17, 15) is 5.26 Å². The van der Waals surface area contributed by atoms with Gasteiger partial charge < -0.3 is 4.74 Å². The van der Waals surface area contributed by atoms with Crippen LogP contribution in [0.25, 0.3) is 0 Å². The van der Waals surface area contributed by atoms with E-state index in [0.29, 0.717) is 5.25 Å². The fourth-order valence-electron chi connectivity index (χ4n) is 2.11. The average Bonchev–Trinajstić information content (AvgIpc) is 2.36. The van der Waals surface area contributed by atoms with Crippen LogP contribution in [0.15, 0.2) is 30.3 Å². The van der Waals surface area contributed by atoms with Crippen LogP contribution in [0.2, 0.25) is 0 Å². The molecule has 3 nitrogen and oxygen atoms in total. The molecule has 2 rings (SSSR count). The van der Waals surface area contributed by atoms with E-state index in [-0.39, 0.29) is 6.04 Å². The van der Waals surface area contributed by atoms with E-state index in [1.165, 1.54) is 0 Å². The van der Waals surface area contributed by atoms with Crippen molar-refractivity contribution in [2.75, 3.05) is 19.0 Å². The van der Waals surface area contributed by atoms with Crippen LogP contribution in [0.5, 0.6) is 0 Å². The maximum Gasteiger partial charge on any atom is 0.141 e. The zero-order chi connectivity index (χ0) is 13.7. The number of benzene rings is 1. The van der Waals surface area contributed by atoms with Gasteiger partial charge in [0.05, 0.1) is 24.5 Å². The summed E-state index contributed by atoms with van der Waals surface area (Å²) in [4.78, 5) is 0. The fraction of sp³-hybridized carbons (Fsp3) is 0.533. The lowest BCUT2D eigenvalue weighted by Gasteiger charge is -2.33. The SMILES string of the molecule is CC(C)NC(C#N)(CSC1COC1)c1ccccc1. The Bertz CT molecular complexity index is 439. The molecule has 0 aromatic heterocycles. The molecule has 0 amide bonds. The third-order valence-corrected chi connectivity index (χ3v) is 4.48. The highest BCUT2D eigenvalue weighted by atomic mass is 32.2. The Morgan fingerprint density at radius 2 is 2.11 bits per heavy atom. The molecule has 0 saturated carbocycles. The first kappa shape index (κ1) is 14.4. The molecule has 1 heterocycles. The van der Waals surface area contributed by atoms with E-state index in [4.69, 9.17) is 4.74 Å². The molecule has 1 aromatic rings. The quantitative estimate of drug-likeness (QED) is 0.867. The van der Waals surface area contributed by atoms with Gasteiger partial charge in [0, 0.05) is 11.8 Å². The van der Waals surface area contributed by atoms with Crippen molar-refractivity contribution in [3.05, 3.63) is 35.9 Å². The summed E-state index contributed by atoms with van der Waals surface area (Å²) in [6.45, 7) is 5.77.